The van der Waals surface area contributed by atoms with Crippen molar-refractivity contribution >= 4 is 54.1 Å². The largest absolute Gasteiger partial charge is 0.336 e. The van der Waals surface area contributed by atoms with Crippen molar-refractivity contribution in [1.29, 1.82) is 0 Å². The lowest BCUT2D eigenvalue weighted by Gasteiger charge is -2.12. The van der Waals surface area contributed by atoms with E-state index in [4.69, 9.17) is 0 Å². The molecular weight excluding hydrogens is 530 g/mol. The molecule has 0 radical (unpaired) electrons. The number of nitrogens with zero attached hydrogens (tertiary/aromatic N) is 1. The number of hydrogen-bond donors (Lipinski definition) is 0. The van der Waals surface area contributed by atoms with Crippen LogP contribution >= 0.6 is 0 Å². The molecule has 0 atom stereocenters. The molecule has 44 heavy (non-hydrogen) atoms. The standard InChI is InChI=1S/C43H29N/c1-2-10-29(11-3-1)28-44-42-17-9-8-16-39(42)40-25-23-33(27-43(40)44)31-20-18-30(19-21-31)32-22-24-38-36-14-5-4-12-34(36)35-13-6-7-15-37(35)41(38)26-32/h1-27H,28H2. The van der Waals surface area contributed by atoms with Crippen LogP contribution in [0.1, 0.15) is 5.56 Å². The first-order valence-electron chi connectivity index (χ1n) is 15.3. The number of para-hydroxylation sites is 1. The number of rotatable bonds is 4. The second-order valence-corrected chi connectivity index (χ2v) is 11.7. The molecule has 0 aliphatic heterocycles. The maximum Gasteiger partial charge on any atom is 0.0500 e. The van der Waals surface area contributed by atoms with Crippen molar-refractivity contribution < 1.29 is 0 Å². The van der Waals surface area contributed by atoms with Gasteiger partial charge in [-0.3, -0.25) is 0 Å². The third kappa shape index (κ3) is 3.94. The molecule has 0 amide bonds. The van der Waals surface area contributed by atoms with Crippen LogP contribution in [0.15, 0.2) is 164 Å². The van der Waals surface area contributed by atoms with Crippen molar-refractivity contribution in [3.8, 4) is 22.3 Å². The van der Waals surface area contributed by atoms with Crippen LogP contribution in [-0.2, 0) is 6.54 Å². The first-order chi connectivity index (χ1) is 21.8. The average molecular weight is 560 g/mol. The van der Waals surface area contributed by atoms with Crippen LogP contribution in [0.4, 0.5) is 0 Å². The summed E-state index contributed by atoms with van der Waals surface area (Å²) in [7, 11) is 0. The topological polar surface area (TPSA) is 4.93 Å². The van der Waals surface area contributed by atoms with Crippen LogP contribution in [0, 0.1) is 0 Å². The molecule has 1 heterocycles. The van der Waals surface area contributed by atoms with Crippen LogP contribution in [0.3, 0.4) is 0 Å². The Balaban J connectivity index is 1.14. The van der Waals surface area contributed by atoms with Gasteiger partial charge in [0.15, 0.2) is 0 Å². The van der Waals surface area contributed by atoms with Crippen molar-refractivity contribution in [1.82, 2.24) is 4.57 Å². The van der Waals surface area contributed by atoms with Crippen molar-refractivity contribution in [2.24, 2.45) is 0 Å². The SMILES string of the molecule is c1ccc(Cn2c3ccccc3c3ccc(-c4ccc(-c5ccc6c7ccccc7c7ccccc7c6c5)cc4)cc32)cc1. The summed E-state index contributed by atoms with van der Waals surface area (Å²) in [5.41, 5.74) is 8.78. The minimum atomic E-state index is 0.846. The fraction of sp³-hybridized carbons (Fsp3) is 0.0233. The maximum atomic E-state index is 2.46. The van der Waals surface area contributed by atoms with Crippen molar-refractivity contribution in [2.45, 2.75) is 6.54 Å². The molecule has 0 bridgehead atoms. The molecule has 1 aromatic heterocycles. The lowest BCUT2D eigenvalue weighted by atomic mass is 9.92. The third-order valence-corrected chi connectivity index (χ3v) is 9.25. The molecule has 1 heteroatoms. The van der Waals surface area contributed by atoms with E-state index in [1.54, 1.807) is 0 Å². The Morgan fingerprint density at radius 3 is 1.36 bits per heavy atom. The smallest absolute Gasteiger partial charge is 0.0500 e. The van der Waals surface area contributed by atoms with Crippen LogP contribution in [-0.4, -0.2) is 4.57 Å². The van der Waals surface area contributed by atoms with E-state index >= 15 is 0 Å². The quantitative estimate of drug-likeness (QED) is 0.189. The van der Waals surface area contributed by atoms with E-state index < -0.39 is 0 Å². The van der Waals surface area contributed by atoms with Crippen LogP contribution in [0.2, 0.25) is 0 Å². The Morgan fingerprint density at radius 1 is 0.295 bits per heavy atom. The highest BCUT2D eigenvalue weighted by molar-refractivity contribution is 6.25. The number of aromatic nitrogens is 1. The molecule has 0 saturated carbocycles. The zero-order valence-electron chi connectivity index (χ0n) is 24.2. The molecule has 9 rings (SSSR count). The Morgan fingerprint density at radius 2 is 0.727 bits per heavy atom. The zero-order valence-corrected chi connectivity index (χ0v) is 24.2. The monoisotopic (exact) mass is 559 g/mol. The number of benzene rings is 8. The van der Waals surface area contributed by atoms with Gasteiger partial charge in [0.2, 0.25) is 0 Å². The lowest BCUT2D eigenvalue weighted by Crippen LogP contribution is -1.99. The van der Waals surface area contributed by atoms with Crippen LogP contribution in [0.25, 0.3) is 76.4 Å². The highest BCUT2D eigenvalue weighted by Crippen LogP contribution is 2.38. The predicted octanol–water partition coefficient (Wildman–Crippen LogP) is 11.6. The molecule has 1 nitrogen and oxygen atoms in total. The summed E-state index contributed by atoms with van der Waals surface area (Å²) in [6.07, 6.45) is 0. The van der Waals surface area contributed by atoms with E-state index in [1.165, 1.54) is 81.9 Å². The van der Waals surface area contributed by atoms with Crippen molar-refractivity contribution in [2.75, 3.05) is 0 Å². The van der Waals surface area contributed by atoms with Gasteiger partial charge in [-0.15, -0.1) is 0 Å². The zero-order chi connectivity index (χ0) is 29.0. The lowest BCUT2D eigenvalue weighted by molar-refractivity contribution is 0.869. The van der Waals surface area contributed by atoms with E-state index in [9.17, 15) is 0 Å². The van der Waals surface area contributed by atoms with E-state index in [2.05, 4.69) is 168 Å². The summed E-state index contributed by atoms with van der Waals surface area (Å²) >= 11 is 0. The molecule has 0 N–H and O–H groups in total. The Labute approximate surface area is 256 Å². The van der Waals surface area contributed by atoms with E-state index in [0.29, 0.717) is 0 Å². The minimum absolute atomic E-state index is 0.846. The van der Waals surface area contributed by atoms with Crippen LogP contribution in [0.5, 0.6) is 0 Å². The number of hydrogen-bond acceptors (Lipinski definition) is 0. The molecule has 9 aromatic rings. The Hall–Kier alpha value is -5.66. The third-order valence-electron chi connectivity index (χ3n) is 9.25. The van der Waals surface area contributed by atoms with E-state index in [-0.39, 0.29) is 0 Å². The first-order valence-corrected chi connectivity index (χ1v) is 15.3. The van der Waals surface area contributed by atoms with Crippen LogP contribution < -0.4 is 0 Å². The minimum Gasteiger partial charge on any atom is -0.336 e. The molecule has 0 spiro atoms. The van der Waals surface area contributed by atoms with Gasteiger partial charge in [-0.2, -0.15) is 0 Å². The second kappa shape index (κ2) is 9.97. The summed E-state index contributed by atoms with van der Waals surface area (Å²) in [5, 5.41) is 10.4. The molecule has 8 aromatic carbocycles. The summed E-state index contributed by atoms with van der Waals surface area (Å²) in [6, 6.07) is 60.0. The number of fused-ring (bicyclic) bond motifs is 9. The predicted molar refractivity (Wildman–Crippen MR) is 188 cm³/mol. The molecule has 0 saturated heterocycles. The summed E-state index contributed by atoms with van der Waals surface area (Å²) in [4.78, 5) is 0. The van der Waals surface area contributed by atoms with Gasteiger partial charge in [-0.05, 0) is 78.3 Å². The van der Waals surface area contributed by atoms with Gasteiger partial charge in [0.25, 0.3) is 0 Å². The Kier molecular flexibility index (Phi) is 5.64. The van der Waals surface area contributed by atoms with Gasteiger partial charge in [-0.1, -0.05) is 146 Å². The normalized spacial score (nSPS) is 11.7. The average Bonchev–Trinajstić information content (AvgIpc) is 3.41. The first kappa shape index (κ1) is 24.9. The molecule has 0 aliphatic rings. The fourth-order valence-corrected chi connectivity index (χ4v) is 7.11. The van der Waals surface area contributed by atoms with Gasteiger partial charge in [-0.25, -0.2) is 0 Å². The van der Waals surface area contributed by atoms with Gasteiger partial charge >= 0.3 is 0 Å². The summed E-state index contributed by atoms with van der Waals surface area (Å²) < 4.78 is 2.46. The van der Waals surface area contributed by atoms with Crippen molar-refractivity contribution in [3.63, 3.8) is 0 Å². The van der Waals surface area contributed by atoms with Gasteiger partial charge in [0.05, 0.1) is 5.52 Å². The Bertz CT molecular complexity index is 2460. The van der Waals surface area contributed by atoms with Crippen molar-refractivity contribution in [3.05, 3.63) is 169 Å². The van der Waals surface area contributed by atoms with Gasteiger partial charge < -0.3 is 4.57 Å². The van der Waals surface area contributed by atoms with Gasteiger partial charge in [0.1, 0.15) is 0 Å². The summed E-state index contributed by atoms with van der Waals surface area (Å²) in [6.45, 7) is 0.846. The molecule has 0 aliphatic carbocycles. The highest BCUT2D eigenvalue weighted by atomic mass is 15.0. The molecule has 206 valence electrons. The van der Waals surface area contributed by atoms with Gasteiger partial charge in [0, 0.05) is 22.8 Å². The summed E-state index contributed by atoms with van der Waals surface area (Å²) in [5.74, 6) is 0. The maximum absolute atomic E-state index is 2.46. The second-order valence-electron chi connectivity index (χ2n) is 11.7. The highest BCUT2D eigenvalue weighted by Gasteiger charge is 2.13. The molecular formula is C43H29N. The van der Waals surface area contributed by atoms with E-state index in [0.717, 1.165) is 6.54 Å². The fourth-order valence-electron chi connectivity index (χ4n) is 7.11. The molecule has 0 fully saturated rings. The van der Waals surface area contributed by atoms with E-state index in [1.807, 2.05) is 0 Å². The molecule has 0 unspecified atom stereocenters.